The summed E-state index contributed by atoms with van der Waals surface area (Å²) >= 11 is 0. The van der Waals surface area contributed by atoms with E-state index in [0.29, 0.717) is 0 Å². The summed E-state index contributed by atoms with van der Waals surface area (Å²) in [6.07, 6.45) is 0.886. The summed E-state index contributed by atoms with van der Waals surface area (Å²) in [4.78, 5) is 10.8. The Labute approximate surface area is 74.2 Å². The number of rotatable bonds is 5. The first kappa shape index (κ1) is 11.4. The van der Waals surface area contributed by atoms with Crippen LogP contribution in [0.4, 0.5) is 0 Å². The second-order valence-electron chi connectivity index (χ2n) is 3.52. The van der Waals surface area contributed by atoms with Gasteiger partial charge >= 0.3 is 5.97 Å². The molecule has 0 fully saturated rings. The van der Waals surface area contributed by atoms with E-state index in [4.69, 9.17) is 5.11 Å². The van der Waals surface area contributed by atoms with Gasteiger partial charge in [-0.1, -0.05) is 34.1 Å². The highest BCUT2D eigenvalue weighted by molar-refractivity contribution is 5.73. The topological polar surface area (TPSA) is 49.3 Å². The van der Waals surface area contributed by atoms with Gasteiger partial charge in [-0.15, -0.1) is 0 Å². The van der Waals surface area contributed by atoms with E-state index in [1.54, 1.807) is 0 Å². The van der Waals surface area contributed by atoms with Gasteiger partial charge in [-0.05, 0) is 5.92 Å². The third-order valence-electron chi connectivity index (χ3n) is 1.99. The predicted octanol–water partition coefficient (Wildman–Crippen LogP) is 1.48. The normalized spacial score (nSPS) is 16.1. The van der Waals surface area contributed by atoms with Gasteiger partial charge in [0.25, 0.3) is 0 Å². The first-order chi connectivity index (χ1) is 5.49. The van der Waals surface area contributed by atoms with Crippen molar-refractivity contribution in [1.82, 2.24) is 5.32 Å². The average Bonchev–Trinajstić information content (AvgIpc) is 1.98. The lowest BCUT2D eigenvalue weighted by Crippen LogP contribution is -2.45. The van der Waals surface area contributed by atoms with Crippen LogP contribution in [0.15, 0.2) is 0 Å². The Bertz CT molecular complexity index is 145. The largest absolute Gasteiger partial charge is 0.480 e. The fourth-order valence-electron chi connectivity index (χ4n) is 1.07. The summed E-state index contributed by atoms with van der Waals surface area (Å²) in [5.74, 6) is -0.567. The van der Waals surface area contributed by atoms with Crippen LogP contribution in [0.2, 0.25) is 0 Å². The number of nitrogens with one attached hydrogen (secondary N) is 1. The summed E-state index contributed by atoms with van der Waals surface area (Å²) in [6.45, 7) is 7.87. The molecule has 3 heteroatoms. The Morgan fingerprint density at radius 2 is 1.92 bits per heavy atom. The van der Waals surface area contributed by atoms with Gasteiger partial charge in [-0.2, -0.15) is 0 Å². The van der Waals surface area contributed by atoms with Crippen LogP contribution in [-0.2, 0) is 4.79 Å². The molecule has 2 N–H and O–H groups in total. The van der Waals surface area contributed by atoms with Crippen LogP contribution in [0.3, 0.4) is 0 Å². The van der Waals surface area contributed by atoms with Gasteiger partial charge in [0, 0.05) is 6.04 Å². The summed E-state index contributed by atoms with van der Waals surface area (Å²) < 4.78 is 0. The molecule has 0 aliphatic carbocycles. The molecule has 0 bridgehead atoms. The average molecular weight is 173 g/mol. The lowest BCUT2D eigenvalue weighted by molar-refractivity contribution is -0.141. The van der Waals surface area contributed by atoms with E-state index in [0.717, 1.165) is 6.42 Å². The Kier molecular flexibility index (Phi) is 4.90. The highest BCUT2D eigenvalue weighted by Gasteiger charge is 2.23. The van der Waals surface area contributed by atoms with Gasteiger partial charge in [-0.25, -0.2) is 0 Å². The molecule has 0 aromatic carbocycles. The number of carboxylic acids is 1. The van der Waals surface area contributed by atoms with Gasteiger partial charge in [-0.3, -0.25) is 4.79 Å². The fraction of sp³-hybridized carbons (Fsp3) is 0.889. The maximum atomic E-state index is 10.8. The molecule has 0 rings (SSSR count). The molecule has 2 atom stereocenters. The molecule has 2 unspecified atom stereocenters. The third kappa shape index (κ3) is 3.72. The second kappa shape index (κ2) is 5.14. The molecule has 0 aliphatic rings. The molecular formula is C9H19NO2. The van der Waals surface area contributed by atoms with E-state index in [1.807, 2.05) is 27.7 Å². The summed E-state index contributed by atoms with van der Waals surface area (Å²) in [5.41, 5.74) is 0. The third-order valence-corrected chi connectivity index (χ3v) is 1.99. The van der Waals surface area contributed by atoms with E-state index in [1.165, 1.54) is 0 Å². The first-order valence-electron chi connectivity index (χ1n) is 4.47. The zero-order valence-electron chi connectivity index (χ0n) is 8.29. The van der Waals surface area contributed by atoms with E-state index in [-0.39, 0.29) is 12.0 Å². The van der Waals surface area contributed by atoms with Gasteiger partial charge < -0.3 is 10.4 Å². The Morgan fingerprint density at radius 3 is 2.17 bits per heavy atom. The van der Waals surface area contributed by atoms with Crippen LogP contribution in [0, 0.1) is 5.92 Å². The molecule has 0 amide bonds. The van der Waals surface area contributed by atoms with Crippen LogP contribution >= 0.6 is 0 Å². The monoisotopic (exact) mass is 173 g/mol. The van der Waals surface area contributed by atoms with E-state index in [2.05, 4.69) is 5.32 Å². The van der Waals surface area contributed by atoms with Crippen LogP contribution in [0.25, 0.3) is 0 Å². The van der Waals surface area contributed by atoms with E-state index >= 15 is 0 Å². The standard InChI is InChI=1S/C9H19NO2/c1-5-7(4)8(9(11)12)10-6(2)3/h6-8,10H,5H2,1-4H3,(H,11,12). The van der Waals surface area contributed by atoms with E-state index in [9.17, 15) is 4.79 Å². The molecule has 0 saturated carbocycles. The lowest BCUT2D eigenvalue weighted by atomic mass is 9.99. The molecule has 0 aromatic heterocycles. The number of hydrogen-bond acceptors (Lipinski definition) is 2. The molecule has 3 nitrogen and oxygen atoms in total. The zero-order valence-corrected chi connectivity index (χ0v) is 8.29. The number of carbonyl (C=O) groups is 1. The zero-order chi connectivity index (χ0) is 9.72. The SMILES string of the molecule is CCC(C)C(NC(C)C)C(=O)O. The smallest absolute Gasteiger partial charge is 0.320 e. The minimum atomic E-state index is -0.752. The van der Waals surface area contributed by atoms with Gasteiger partial charge in [0.1, 0.15) is 6.04 Å². The van der Waals surface area contributed by atoms with E-state index < -0.39 is 12.0 Å². The molecule has 0 aromatic rings. The highest BCUT2D eigenvalue weighted by Crippen LogP contribution is 2.08. The maximum Gasteiger partial charge on any atom is 0.320 e. The molecule has 0 spiro atoms. The maximum absolute atomic E-state index is 10.8. The molecule has 72 valence electrons. The Balaban J connectivity index is 4.13. The molecular weight excluding hydrogens is 154 g/mol. The fourth-order valence-corrected chi connectivity index (χ4v) is 1.07. The highest BCUT2D eigenvalue weighted by atomic mass is 16.4. The van der Waals surface area contributed by atoms with Crippen molar-refractivity contribution >= 4 is 5.97 Å². The van der Waals surface area contributed by atoms with Crippen molar-refractivity contribution in [2.75, 3.05) is 0 Å². The minimum Gasteiger partial charge on any atom is -0.480 e. The number of carboxylic acid groups (broad SMARTS) is 1. The van der Waals surface area contributed by atoms with Crippen LogP contribution in [0.5, 0.6) is 0 Å². The molecule has 0 radical (unpaired) electrons. The van der Waals surface area contributed by atoms with Crippen molar-refractivity contribution < 1.29 is 9.90 Å². The quantitative estimate of drug-likeness (QED) is 0.662. The summed E-state index contributed by atoms with van der Waals surface area (Å²) in [7, 11) is 0. The number of hydrogen-bond donors (Lipinski definition) is 2. The van der Waals surface area contributed by atoms with Crippen LogP contribution in [-0.4, -0.2) is 23.2 Å². The lowest BCUT2D eigenvalue weighted by Gasteiger charge is -2.22. The van der Waals surface area contributed by atoms with Gasteiger partial charge in [0.2, 0.25) is 0 Å². The Hall–Kier alpha value is -0.570. The second-order valence-corrected chi connectivity index (χ2v) is 3.52. The predicted molar refractivity (Wildman–Crippen MR) is 49.2 cm³/mol. The first-order valence-corrected chi connectivity index (χ1v) is 4.47. The van der Waals surface area contributed by atoms with Crippen molar-refractivity contribution in [3.05, 3.63) is 0 Å². The van der Waals surface area contributed by atoms with Crippen LogP contribution < -0.4 is 5.32 Å². The molecule has 0 aliphatic heterocycles. The van der Waals surface area contributed by atoms with Gasteiger partial charge in [0.05, 0.1) is 0 Å². The van der Waals surface area contributed by atoms with Crippen molar-refractivity contribution in [3.8, 4) is 0 Å². The summed E-state index contributed by atoms with van der Waals surface area (Å²) in [6, 6.07) is -0.185. The van der Waals surface area contributed by atoms with Crippen molar-refractivity contribution in [1.29, 1.82) is 0 Å². The van der Waals surface area contributed by atoms with Crippen molar-refractivity contribution in [3.63, 3.8) is 0 Å². The molecule has 12 heavy (non-hydrogen) atoms. The Morgan fingerprint density at radius 1 is 1.42 bits per heavy atom. The van der Waals surface area contributed by atoms with Gasteiger partial charge in [0.15, 0.2) is 0 Å². The molecule has 0 saturated heterocycles. The van der Waals surface area contributed by atoms with Crippen LogP contribution in [0.1, 0.15) is 34.1 Å². The van der Waals surface area contributed by atoms with Crippen molar-refractivity contribution in [2.24, 2.45) is 5.92 Å². The number of aliphatic carboxylic acids is 1. The molecule has 0 heterocycles. The van der Waals surface area contributed by atoms with Crippen molar-refractivity contribution in [2.45, 2.75) is 46.2 Å². The minimum absolute atomic E-state index is 0.185. The summed E-state index contributed by atoms with van der Waals surface area (Å²) in [5, 5.41) is 11.9.